The van der Waals surface area contributed by atoms with Gasteiger partial charge in [-0.3, -0.25) is 0 Å². The van der Waals surface area contributed by atoms with Gasteiger partial charge in [-0.05, 0) is 24.1 Å². The standard InChI is InChI=1S/C8H11BrN2O2S/c1-2-5-3-6(9)4-7(8(5)10)14(11,12)13/h3-4H,2,10H2,1H3,(H2,11,12,13). The minimum atomic E-state index is -3.74. The molecular weight excluding hydrogens is 268 g/mol. The number of nitrogens with two attached hydrogens (primary N) is 2. The highest BCUT2D eigenvalue weighted by molar-refractivity contribution is 9.10. The van der Waals surface area contributed by atoms with E-state index in [0.717, 1.165) is 5.56 Å². The lowest BCUT2D eigenvalue weighted by Crippen LogP contribution is -2.15. The first kappa shape index (κ1) is 11.5. The lowest BCUT2D eigenvalue weighted by atomic mass is 10.1. The van der Waals surface area contributed by atoms with Gasteiger partial charge in [0.05, 0.1) is 5.69 Å². The van der Waals surface area contributed by atoms with Crippen LogP contribution in [0, 0.1) is 0 Å². The molecule has 0 saturated carbocycles. The molecule has 0 aliphatic heterocycles. The van der Waals surface area contributed by atoms with Gasteiger partial charge in [0.15, 0.2) is 0 Å². The summed E-state index contributed by atoms with van der Waals surface area (Å²) in [5.41, 5.74) is 6.67. The SMILES string of the molecule is CCc1cc(Br)cc(S(N)(=O)=O)c1N. The molecule has 0 heterocycles. The molecule has 0 atom stereocenters. The number of nitrogen functional groups attached to an aromatic ring is 1. The van der Waals surface area contributed by atoms with Crippen LogP contribution in [-0.4, -0.2) is 8.42 Å². The topological polar surface area (TPSA) is 86.2 Å². The summed E-state index contributed by atoms with van der Waals surface area (Å²) in [6.45, 7) is 1.89. The van der Waals surface area contributed by atoms with Crippen molar-refractivity contribution in [1.29, 1.82) is 0 Å². The van der Waals surface area contributed by atoms with Crippen LogP contribution in [0.5, 0.6) is 0 Å². The van der Waals surface area contributed by atoms with E-state index in [1.165, 1.54) is 6.07 Å². The van der Waals surface area contributed by atoms with E-state index in [-0.39, 0.29) is 10.6 Å². The molecule has 78 valence electrons. The Morgan fingerprint density at radius 3 is 2.43 bits per heavy atom. The van der Waals surface area contributed by atoms with Gasteiger partial charge < -0.3 is 5.73 Å². The fraction of sp³-hybridized carbons (Fsp3) is 0.250. The first-order valence-electron chi connectivity index (χ1n) is 3.97. The molecule has 0 radical (unpaired) electrons. The Bertz CT molecular complexity index is 457. The zero-order chi connectivity index (χ0) is 10.9. The van der Waals surface area contributed by atoms with Gasteiger partial charge in [-0.25, -0.2) is 13.6 Å². The van der Waals surface area contributed by atoms with Gasteiger partial charge in [0.2, 0.25) is 10.0 Å². The number of benzene rings is 1. The molecule has 0 saturated heterocycles. The van der Waals surface area contributed by atoms with E-state index in [1.54, 1.807) is 6.07 Å². The van der Waals surface area contributed by atoms with Crippen molar-refractivity contribution in [1.82, 2.24) is 0 Å². The summed E-state index contributed by atoms with van der Waals surface area (Å²) in [5, 5.41) is 5.02. The van der Waals surface area contributed by atoms with Gasteiger partial charge in [0.1, 0.15) is 4.90 Å². The van der Waals surface area contributed by atoms with Crippen LogP contribution in [0.1, 0.15) is 12.5 Å². The van der Waals surface area contributed by atoms with Crippen molar-refractivity contribution in [2.45, 2.75) is 18.2 Å². The lowest BCUT2D eigenvalue weighted by Gasteiger charge is -2.08. The van der Waals surface area contributed by atoms with Crippen LogP contribution in [0.2, 0.25) is 0 Å². The maximum absolute atomic E-state index is 11.2. The van der Waals surface area contributed by atoms with E-state index in [0.29, 0.717) is 10.9 Å². The summed E-state index contributed by atoms with van der Waals surface area (Å²) >= 11 is 3.20. The maximum Gasteiger partial charge on any atom is 0.240 e. The largest absolute Gasteiger partial charge is 0.397 e. The fourth-order valence-electron chi connectivity index (χ4n) is 1.18. The Labute approximate surface area is 91.5 Å². The van der Waals surface area contributed by atoms with E-state index in [9.17, 15) is 8.42 Å². The van der Waals surface area contributed by atoms with E-state index < -0.39 is 10.0 Å². The summed E-state index contributed by atoms with van der Waals surface area (Å²) in [4.78, 5) is -0.0243. The van der Waals surface area contributed by atoms with Crippen molar-refractivity contribution >= 4 is 31.6 Å². The quantitative estimate of drug-likeness (QED) is 0.798. The minimum Gasteiger partial charge on any atom is -0.397 e. The number of hydrogen-bond acceptors (Lipinski definition) is 3. The van der Waals surface area contributed by atoms with Crippen LogP contribution in [0.15, 0.2) is 21.5 Å². The van der Waals surface area contributed by atoms with Crippen LogP contribution >= 0.6 is 15.9 Å². The van der Waals surface area contributed by atoms with E-state index in [4.69, 9.17) is 10.9 Å². The van der Waals surface area contributed by atoms with E-state index >= 15 is 0 Å². The predicted molar refractivity (Wildman–Crippen MR) is 59.3 cm³/mol. The fourth-order valence-corrected chi connectivity index (χ4v) is 2.56. The van der Waals surface area contributed by atoms with Crippen molar-refractivity contribution < 1.29 is 8.42 Å². The van der Waals surface area contributed by atoms with Gasteiger partial charge in [-0.15, -0.1) is 0 Å². The highest BCUT2D eigenvalue weighted by Crippen LogP contribution is 2.26. The molecule has 1 aromatic rings. The second-order valence-corrected chi connectivity index (χ2v) is 5.32. The molecule has 0 fully saturated rings. The summed E-state index contributed by atoms with van der Waals surface area (Å²) in [6.07, 6.45) is 0.661. The Kier molecular flexibility index (Phi) is 3.18. The van der Waals surface area contributed by atoms with Crippen LogP contribution in [-0.2, 0) is 16.4 Å². The molecule has 0 bridgehead atoms. The number of sulfonamides is 1. The third-order valence-corrected chi connectivity index (χ3v) is 3.29. The average Bonchev–Trinajstić information content (AvgIpc) is 2.06. The molecule has 0 spiro atoms. The molecule has 4 N–H and O–H groups in total. The van der Waals surface area contributed by atoms with Crippen LogP contribution in [0.3, 0.4) is 0 Å². The highest BCUT2D eigenvalue weighted by Gasteiger charge is 2.15. The number of anilines is 1. The van der Waals surface area contributed by atoms with Gasteiger partial charge in [-0.2, -0.15) is 0 Å². The van der Waals surface area contributed by atoms with Crippen LogP contribution < -0.4 is 10.9 Å². The zero-order valence-electron chi connectivity index (χ0n) is 7.62. The Morgan fingerprint density at radius 1 is 1.43 bits per heavy atom. The van der Waals surface area contributed by atoms with Crippen LogP contribution in [0.4, 0.5) is 5.69 Å². The summed E-state index contributed by atoms with van der Waals surface area (Å²) in [7, 11) is -3.74. The molecular formula is C8H11BrN2O2S. The number of hydrogen-bond donors (Lipinski definition) is 2. The normalized spacial score (nSPS) is 11.6. The first-order chi connectivity index (χ1) is 6.36. The molecule has 0 aliphatic carbocycles. The predicted octanol–water partition coefficient (Wildman–Crippen LogP) is 1.24. The second kappa shape index (κ2) is 3.88. The molecule has 0 amide bonds. The van der Waals surface area contributed by atoms with Crippen LogP contribution in [0.25, 0.3) is 0 Å². The summed E-state index contributed by atoms with van der Waals surface area (Å²) in [5.74, 6) is 0. The number of halogens is 1. The van der Waals surface area contributed by atoms with Gasteiger partial charge in [-0.1, -0.05) is 22.9 Å². The zero-order valence-corrected chi connectivity index (χ0v) is 10.0. The molecule has 1 aromatic carbocycles. The van der Waals surface area contributed by atoms with E-state index in [2.05, 4.69) is 15.9 Å². The third kappa shape index (κ3) is 2.26. The Balaban J connectivity index is 3.53. The molecule has 0 aliphatic rings. The molecule has 14 heavy (non-hydrogen) atoms. The molecule has 1 rings (SSSR count). The second-order valence-electron chi connectivity index (χ2n) is 2.88. The molecule has 4 nitrogen and oxygen atoms in total. The molecule has 6 heteroatoms. The van der Waals surface area contributed by atoms with Gasteiger partial charge in [0.25, 0.3) is 0 Å². The Morgan fingerprint density at radius 2 is 2.00 bits per heavy atom. The highest BCUT2D eigenvalue weighted by atomic mass is 79.9. The number of primary sulfonamides is 1. The molecule has 0 aromatic heterocycles. The smallest absolute Gasteiger partial charge is 0.240 e. The molecule has 0 unspecified atom stereocenters. The van der Waals surface area contributed by atoms with Crippen molar-refractivity contribution in [2.24, 2.45) is 5.14 Å². The number of aryl methyl sites for hydroxylation is 1. The third-order valence-electron chi connectivity index (χ3n) is 1.88. The van der Waals surface area contributed by atoms with Crippen molar-refractivity contribution in [3.63, 3.8) is 0 Å². The average molecular weight is 279 g/mol. The van der Waals surface area contributed by atoms with Crippen molar-refractivity contribution in [3.8, 4) is 0 Å². The maximum atomic E-state index is 11.2. The summed E-state index contributed by atoms with van der Waals surface area (Å²) < 4.78 is 23.0. The van der Waals surface area contributed by atoms with E-state index in [1.807, 2.05) is 6.92 Å². The summed E-state index contributed by atoms with van der Waals surface area (Å²) in [6, 6.07) is 3.19. The van der Waals surface area contributed by atoms with Gasteiger partial charge >= 0.3 is 0 Å². The van der Waals surface area contributed by atoms with Crippen molar-refractivity contribution in [3.05, 3.63) is 22.2 Å². The monoisotopic (exact) mass is 278 g/mol. The lowest BCUT2D eigenvalue weighted by molar-refractivity contribution is 0.598. The van der Waals surface area contributed by atoms with Crippen molar-refractivity contribution in [2.75, 3.05) is 5.73 Å². The Hall–Kier alpha value is -0.590. The number of rotatable bonds is 2. The minimum absolute atomic E-state index is 0.0243. The van der Waals surface area contributed by atoms with Gasteiger partial charge in [0, 0.05) is 4.47 Å². The first-order valence-corrected chi connectivity index (χ1v) is 6.31.